The van der Waals surface area contributed by atoms with Gasteiger partial charge < -0.3 is 15.0 Å². The minimum atomic E-state index is -0.0185. The average Bonchev–Trinajstić information content (AvgIpc) is 2.14. The lowest BCUT2D eigenvalue weighted by molar-refractivity contribution is 0.00399. The van der Waals surface area contributed by atoms with Crippen LogP contribution in [0.4, 0.5) is 0 Å². The van der Waals surface area contributed by atoms with E-state index in [-0.39, 0.29) is 6.35 Å². The molecule has 0 aromatic heterocycles. The molecule has 3 heteroatoms. The normalized spacial score (nSPS) is 26.2. The van der Waals surface area contributed by atoms with Gasteiger partial charge in [-0.15, -0.1) is 0 Å². The standard InChI is InChI=1S/C5H9N2O/c1-7-4-3-6-5(7)8-2/h4-6H,1-2H3. The first-order valence-electron chi connectivity index (χ1n) is 2.43. The molecule has 0 saturated carbocycles. The molecule has 0 bridgehead atoms. The summed E-state index contributed by atoms with van der Waals surface area (Å²) in [7, 11) is 3.57. The molecule has 1 atom stereocenters. The van der Waals surface area contributed by atoms with E-state index in [1.807, 2.05) is 11.9 Å². The van der Waals surface area contributed by atoms with Gasteiger partial charge >= 0.3 is 0 Å². The highest BCUT2D eigenvalue weighted by molar-refractivity contribution is 4.81. The Hall–Kier alpha value is -0.700. The zero-order valence-electron chi connectivity index (χ0n) is 5.01. The summed E-state index contributed by atoms with van der Waals surface area (Å²) in [6.45, 7) is 0. The largest absolute Gasteiger partial charge is 0.344 e. The van der Waals surface area contributed by atoms with Gasteiger partial charge in [0, 0.05) is 20.4 Å². The van der Waals surface area contributed by atoms with E-state index >= 15 is 0 Å². The third-order valence-corrected chi connectivity index (χ3v) is 1.07. The van der Waals surface area contributed by atoms with Gasteiger partial charge in [-0.2, -0.15) is 0 Å². The van der Waals surface area contributed by atoms with Crippen LogP contribution < -0.4 is 5.32 Å². The van der Waals surface area contributed by atoms with E-state index < -0.39 is 0 Å². The van der Waals surface area contributed by atoms with Gasteiger partial charge in [0.25, 0.3) is 0 Å². The fourth-order valence-corrected chi connectivity index (χ4v) is 0.605. The SMILES string of the molecule is COC1N[C]=CN1C. The maximum atomic E-state index is 4.94. The highest BCUT2D eigenvalue weighted by Gasteiger charge is 2.11. The van der Waals surface area contributed by atoms with Crippen molar-refractivity contribution in [2.45, 2.75) is 6.35 Å². The van der Waals surface area contributed by atoms with E-state index in [4.69, 9.17) is 4.74 Å². The fourth-order valence-electron chi connectivity index (χ4n) is 0.605. The molecule has 1 radical (unpaired) electrons. The first-order chi connectivity index (χ1) is 3.84. The molecule has 1 rings (SSSR count). The maximum Gasteiger partial charge on any atom is 0.207 e. The van der Waals surface area contributed by atoms with Crippen molar-refractivity contribution in [2.24, 2.45) is 0 Å². The van der Waals surface area contributed by atoms with Crippen LogP contribution in [0, 0.1) is 6.20 Å². The third kappa shape index (κ3) is 0.767. The van der Waals surface area contributed by atoms with Crippen molar-refractivity contribution in [3.05, 3.63) is 12.4 Å². The molecule has 0 aliphatic carbocycles. The summed E-state index contributed by atoms with van der Waals surface area (Å²) >= 11 is 0. The Labute approximate surface area is 48.9 Å². The second-order valence-corrected chi connectivity index (χ2v) is 1.67. The van der Waals surface area contributed by atoms with E-state index in [9.17, 15) is 0 Å². The van der Waals surface area contributed by atoms with Gasteiger partial charge in [0.2, 0.25) is 6.35 Å². The first kappa shape index (κ1) is 5.44. The van der Waals surface area contributed by atoms with Gasteiger partial charge in [-0.25, -0.2) is 0 Å². The second kappa shape index (κ2) is 2.05. The van der Waals surface area contributed by atoms with E-state index in [0.29, 0.717) is 0 Å². The topological polar surface area (TPSA) is 24.5 Å². The molecule has 8 heavy (non-hydrogen) atoms. The Morgan fingerprint density at radius 2 is 2.62 bits per heavy atom. The Morgan fingerprint density at radius 3 is 2.88 bits per heavy atom. The number of hydrogen-bond donors (Lipinski definition) is 1. The smallest absolute Gasteiger partial charge is 0.207 e. The molecule has 1 N–H and O–H groups in total. The van der Waals surface area contributed by atoms with Crippen molar-refractivity contribution in [3.8, 4) is 0 Å². The Morgan fingerprint density at radius 1 is 1.88 bits per heavy atom. The van der Waals surface area contributed by atoms with Gasteiger partial charge in [-0.3, -0.25) is 0 Å². The lowest BCUT2D eigenvalue weighted by atomic mass is 10.8. The van der Waals surface area contributed by atoms with Crippen LogP contribution >= 0.6 is 0 Å². The Balaban J connectivity index is 2.38. The number of rotatable bonds is 1. The number of nitrogens with zero attached hydrogens (tertiary/aromatic N) is 1. The lowest BCUT2D eigenvalue weighted by Crippen LogP contribution is -2.33. The van der Waals surface area contributed by atoms with E-state index in [2.05, 4.69) is 11.5 Å². The summed E-state index contributed by atoms with van der Waals surface area (Å²) in [5.74, 6) is 0. The molecular formula is C5H9N2O. The van der Waals surface area contributed by atoms with Crippen LogP contribution in [0.2, 0.25) is 0 Å². The van der Waals surface area contributed by atoms with Crippen molar-refractivity contribution >= 4 is 0 Å². The van der Waals surface area contributed by atoms with Gasteiger partial charge in [-0.1, -0.05) is 0 Å². The predicted octanol–water partition coefficient (Wildman–Crippen LogP) is -0.274. The number of nitrogens with one attached hydrogen (secondary N) is 1. The molecule has 0 fully saturated rings. The van der Waals surface area contributed by atoms with Crippen molar-refractivity contribution < 1.29 is 4.74 Å². The molecule has 45 valence electrons. The summed E-state index contributed by atoms with van der Waals surface area (Å²) in [5.41, 5.74) is 0. The summed E-state index contributed by atoms with van der Waals surface area (Å²) < 4.78 is 4.94. The molecular weight excluding hydrogens is 104 g/mol. The van der Waals surface area contributed by atoms with Gasteiger partial charge in [0.15, 0.2) is 0 Å². The van der Waals surface area contributed by atoms with Crippen LogP contribution in [0.5, 0.6) is 0 Å². The fraction of sp³-hybridized carbons (Fsp3) is 0.600. The van der Waals surface area contributed by atoms with Crippen LogP contribution in [0.1, 0.15) is 0 Å². The summed E-state index contributed by atoms with van der Waals surface area (Å²) in [4.78, 5) is 1.89. The van der Waals surface area contributed by atoms with Crippen LogP contribution in [-0.4, -0.2) is 25.4 Å². The van der Waals surface area contributed by atoms with Gasteiger partial charge in [0.1, 0.15) is 0 Å². The monoisotopic (exact) mass is 113 g/mol. The quantitative estimate of drug-likeness (QED) is 0.506. The molecule has 1 unspecified atom stereocenters. The highest BCUT2D eigenvalue weighted by Crippen LogP contribution is 1.98. The molecule has 1 aliphatic heterocycles. The second-order valence-electron chi connectivity index (χ2n) is 1.67. The molecule has 3 nitrogen and oxygen atoms in total. The van der Waals surface area contributed by atoms with E-state index in [1.165, 1.54) is 0 Å². The minimum Gasteiger partial charge on any atom is -0.344 e. The average molecular weight is 113 g/mol. The molecule has 1 aliphatic rings. The molecule has 0 saturated heterocycles. The first-order valence-corrected chi connectivity index (χ1v) is 2.43. The van der Waals surface area contributed by atoms with E-state index in [1.54, 1.807) is 13.3 Å². The molecule has 0 amide bonds. The zero-order valence-corrected chi connectivity index (χ0v) is 5.01. The number of methoxy groups -OCH3 is 1. The molecule has 0 spiro atoms. The summed E-state index contributed by atoms with van der Waals surface area (Å²) in [5, 5.41) is 2.85. The van der Waals surface area contributed by atoms with Crippen LogP contribution in [0.3, 0.4) is 0 Å². The van der Waals surface area contributed by atoms with Crippen molar-refractivity contribution in [3.63, 3.8) is 0 Å². The van der Waals surface area contributed by atoms with Crippen LogP contribution in [0.25, 0.3) is 0 Å². The zero-order chi connectivity index (χ0) is 5.98. The molecule has 0 aromatic rings. The predicted molar refractivity (Wildman–Crippen MR) is 29.5 cm³/mol. The summed E-state index contributed by atoms with van der Waals surface area (Å²) in [6, 6.07) is 0. The van der Waals surface area contributed by atoms with Crippen LogP contribution in [-0.2, 0) is 4.74 Å². The number of hydrogen-bond acceptors (Lipinski definition) is 3. The van der Waals surface area contributed by atoms with Crippen molar-refractivity contribution in [1.82, 2.24) is 10.2 Å². The van der Waals surface area contributed by atoms with E-state index in [0.717, 1.165) is 0 Å². The van der Waals surface area contributed by atoms with Gasteiger partial charge in [0.05, 0.1) is 6.20 Å². The lowest BCUT2D eigenvalue weighted by Gasteiger charge is -2.17. The molecule has 1 heterocycles. The van der Waals surface area contributed by atoms with Crippen LogP contribution in [0.15, 0.2) is 6.20 Å². The highest BCUT2D eigenvalue weighted by atomic mass is 16.5. The Kier molecular flexibility index (Phi) is 1.39. The third-order valence-electron chi connectivity index (χ3n) is 1.07. The molecule has 0 aromatic carbocycles. The van der Waals surface area contributed by atoms with Crippen molar-refractivity contribution in [2.75, 3.05) is 14.2 Å². The number of ether oxygens (including phenoxy) is 1. The van der Waals surface area contributed by atoms with Gasteiger partial charge in [-0.05, 0) is 0 Å². The van der Waals surface area contributed by atoms with Crippen molar-refractivity contribution in [1.29, 1.82) is 0 Å². The Bertz CT molecular complexity index is 103. The summed E-state index contributed by atoms with van der Waals surface area (Å²) in [6.07, 6.45) is 4.58. The maximum absolute atomic E-state index is 4.94. The minimum absolute atomic E-state index is 0.0185.